The van der Waals surface area contributed by atoms with Crippen molar-refractivity contribution in [2.24, 2.45) is 0 Å². The number of terminal acetylenes is 1. The summed E-state index contributed by atoms with van der Waals surface area (Å²) in [6.45, 7) is 0. The Morgan fingerprint density at radius 3 is 1.38 bits per heavy atom. The van der Waals surface area contributed by atoms with Crippen LogP contribution in [0.15, 0.2) is 0 Å². The van der Waals surface area contributed by atoms with Gasteiger partial charge in [-0.05, 0) is 57.8 Å². The molecule has 0 saturated heterocycles. The number of hydrogen-bond donors (Lipinski definition) is 0. The summed E-state index contributed by atoms with van der Waals surface area (Å²) in [5.74, 6) is 3.47. The molecule has 2 rings (SSSR count). The second-order valence-electron chi connectivity index (χ2n) is 2.28. The standard InChI is InChI=1S/C7H5.C5H5.Ru/c1-2-7-5-3-4-6-7;1-2-4-5-3-1;/h1,3-6H;1-5H;. The molecular weight excluding hydrogens is 245 g/mol. The van der Waals surface area contributed by atoms with Gasteiger partial charge in [0.2, 0.25) is 0 Å². The van der Waals surface area contributed by atoms with Crippen LogP contribution < -0.4 is 0 Å². The number of rotatable bonds is 0. The molecule has 0 aromatic rings. The average Bonchev–Trinajstić information content (AvgIpc) is 2.81. The van der Waals surface area contributed by atoms with E-state index in [1.807, 2.05) is 57.8 Å². The first-order chi connectivity index (χ1) is 5.93. The second-order valence-corrected chi connectivity index (χ2v) is 2.28. The molecule has 13 heavy (non-hydrogen) atoms. The van der Waals surface area contributed by atoms with Gasteiger partial charge in [0.15, 0.2) is 0 Å². The van der Waals surface area contributed by atoms with Crippen LogP contribution in [0.1, 0.15) is 0 Å². The molecule has 0 aliphatic heterocycles. The molecule has 2 fully saturated rings. The van der Waals surface area contributed by atoms with E-state index < -0.39 is 0 Å². The van der Waals surface area contributed by atoms with Crippen LogP contribution in [0.25, 0.3) is 0 Å². The van der Waals surface area contributed by atoms with Gasteiger partial charge in [0.05, 0.1) is 5.92 Å². The Balaban J connectivity index is 0.000000215. The average molecular weight is 255 g/mol. The quantitative estimate of drug-likeness (QED) is 0.459. The van der Waals surface area contributed by atoms with Gasteiger partial charge in [-0.1, -0.05) is 5.92 Å². The zero-order valence-corrected chi connectivity index (χ0v) is 8.87. The van der Waals surface area contributed by atoms with Crippen molar-refractivity contribution >= 4 is 0 Å². The van der Waals surface area contributed by atoms with E-state index in [0.29, 0.717) is 0 Å². The summed E-state index contributed by atoms with van der Waals surface area (Å²) in [5, 5.41) is 0. The molecule has 2 aliphatic rings. The van der Waals surface area contributed by atoms with Gasteiger partial charge in [-0.15, -0.1) is 6.42 Å². The summed E-state index contributed by atoms with van der Waals surface area (Å²) >= 11 is 0. The van der Waals surface area contributed by atoms with Crippen molar-refractivity contribution in [3.05, 3.63) is 63.7 Å². The minimum atomic E-state index is 0. The molecule has 1 heteroatoms. The molecule has 0 unspecified atom stereocenters. The first kappa shape index (κ1) is 13.2. The third-order valence-electron chi connectivity index (χ3n) is 1.38. The molecule has 0 atom stereocenters. The van der Waals surface area contributed by atoms with Crippen molar-refractivity contribution in [2.75, 3.05) is 0 Å². The third kappa shape index (κ3) is 6.28. The predicted molar refractivity (Wildman–Crippen MR) is 50.8 cm³/mol. The van der Waals surface area contributed by atoms with Gasteiger partial charge in [0.1, 0.15) is 0 Å². The maximum atomic E-state index is 5.04. The van der Waals surface area contributed by atoms with E-state index in [1.54, 1.807) is 0 Å². The molecule has 0 bridgehead atoms. The Labute approximate surface area is 95.6 Å². The van der Waals surface area contributed by atoms with Gasteiger partial charge in [0, 0.05) is 19.5 Å². The Hall–Kier alpha value is 0.183. The van der Waals surface area contributed by atoms with E-state index in [1.165, 1.54) is 0 Å². The fourth-order valence-corrected chi connectivity index (χ4v) is 0.791. The van der Waals surface area contributed by atoms with E-state index in [2.05, 4.69) is 5.92 Å². The first-order valence-electron chi connectivity index (χ1n) is 3.78. The molecule has 2 aliphatic carbocycles. The zero-order chi connectivity index (χ0) is 8.65. The van der Waals surface area contributed by atoms with Crippen LogP contribution in [-0.4, -0.2) is 0 Å². The summed E-state index contributed by atoms with van der Waals surface area (Å²) in [6.07, 6.45) is 22.7. The van der Waals surface area contributed by atoms with Crippen molar-refractivity contribution in [2.45, 2.75) is 0 Å². The molecule has 0 N–H and O–H groups in total. The van der Waals surface area contributed by atoms with E-state index >= 15 is 0 Å². The molecule has 0 heterocycles. The second kappa shape index (κ2) is 8.77. The van der Waals surface area contributed by atoms with Crippen molar-refractivity contribution in [3.8, 4) is 12.3 Å². The molecule has 0 amide bonds. The summed E-state index contributed by atoms with van der Waals surface area (Å²) in [6, 6.07) is 0. The van der Waals surface area contributed by atoms with Gasteiger partial charge in [0.25, 0.3) is 0 Å². The topological polar surface area (TPSA) is 0 Å². The molecule has 66 valence electrons. The maximum Gasteiger partial charge on any atom is 0.0551 e. The summed E-state index contributed by atoms with van der Waals surface area (Å²) in [5.41, 5.74) is 0. The van der Waals surface area contributed by atoms with E-state index in [0.717, 1.165) is 5.92 Å². The summed E-state index contributed by atoms with van der Waals surface area (Å²) in [4.78, 5) is 0. The number of hydrogen-bond acceptors (Lipinski definition) is 0. The molecule has 0 aromatic heterocycles. The van der Waals surface area contributed by atoms with Crippen molar-refractivity contribution < 1.29 is 19.5 Å². The Morgan fingerprint density at radius 1 is 0.769 bits per heavy atom. The van der Waals surface area contributed by atoms with Crippen molar-refractivity contribution in [1.82, 2.24) is 0 Å². The van der Waals surface area contributed by atoms with Crippen LogP contribution >= 0.6 is 0 Å². The summed E-state index contributed by atoms with van der Waals surface area (Å²) < 4.78 is 0. The van der Waals surface area contributed by atoms with Gasteiger partial charge in [-0.3, -0.25) is 0 Å². The minimum Gasteiger partial charge on any atom is -0.119 e. The van der Waals surface area contributed by atoms with Gasteiger partial charge in [-0.2, -0.15) is 0 Å². The first-order valence-corrected chi connectivity index (χ1v) is 3.78. The maximum absolute atomic E-state index is 5.04. The third-order valence-corrected chi connectivity index (χ3v) is 1.38. The van der Waals surface area contributed by atoms with Crippen LogP contribution in [-0.2, 0) is 19.5 Å². The molecule has 2 saturated carbocycles. The van der Waals surface area contributed by atoms with Crippen LogP contribution in [0, 0.1) is 76.0 Å². The normalized spacial score (nSPS) is 21.2. The largest absolute Gasteiger partial charge is 0.119 e. The van der Waals surface area contributed by atoms with Crippen molar-refractivity contribution in [3.63, 3.8) is 0 Å². The monoisotopic (exact) mass is 256 g/mol. The fraction of sp³-hybridized carbons (Fsp3) is 0. The van der Waals surface area contributed by atoms with Gasteiger partial charge < -0.3 is 0 Å². The van der Waals surface area contributed by atoms with E-state index in [-0.39, 0.29) is 19.5 Å². The summed E-state index contributed by atoms with van der Waals surface area (Å²) in [7, 11) is 0. The van der Waals surface area contributed by atoms with Gasteiger partial charge >= 0.3 is 0 Å². The Bertz CT molecular complexity index is 128. The Morgan fingerprint density at radius 2 is 1.15 bits per heavy atom. The molecule has 0 aromatic carbocycles. The minimum absolute atomic E-state index is 0. The van der Waals surface area contributed by atoms with Crippen LogP contribution in [0.2, 0.25) is 0 Å². The van der Waals surface area contributed by atoms with Crippen LogP contribution in [0.5, 0.6) is 0 Å². The molecule has 0 nitrogen and oxygen atoms in total. The zero-order valence-electron chi connectivity index (χ0n) is 7.13. The molecule has 0 spiro atoms. The predicted octanol–water partition coefficient (Wildman–Crippen LogP) is 2.04. The molecule has 10 radical (unpaired) electrons. The Kier molecular flexibility index (Phi) is 8.89. The van der Waals surface area contributed by atoms with Crippen LogP contribution in [0.3, 0.4) is 0 Å². The smallest absolute Gasteiger partial charge is 0.0551 e. The fourth-order valence-electron chi connectivity index (χ4n) is 0.791. The van der Waals surface area contributed by atoms with E-state index in [9.17, 15) is 0 Å². The van der Waals surface area contributed by atoms with Crippen LogP contribution in [0.4, 0.5) is 0 Å². The van der Waals surface area contributed by atoms with Crippen molar-refractivity contribution in [1.29, 1.82) is 0 Å². The molecular formula is C12H10Ru. The van der Waals surface area contributed by atoms with E-state index in [4.69, 9.17) is 6.42 Å². The SMILES string of the molecule is C#C[C]1[CH][CH][CH][CH]1.[CH]1[CH][CH][CH][CH]1.[Ru]. The van der Waals surface area contributed by atoms with Gasteiger partial charge in [-0.25, -0.2) is 0 Å².